The standard InChI is InChI=1S/C34H26N4/c1-38(2)26-20-17-24(18-21-26)34-30-13-5-3-11-27(30)29(28-12-4-6-14-31(28)34)22-19-25-10-9-16-33(36-25)37-32-15-7-8-23-35-32/h3-18,20-21,23H,1-2H3,(H,35,36,37). The van der Waals surface area contributed by atoms with Crippen molar-refractivity contribution in [1.82, 2.24) is 9.97 Å². The second-order valence-electron chi connectivity index (χ2n) is 9.28. The molecule has 0 unspecified atom stereocenters. The third kappa shape index (κ3) is 4.54. The lowest BCUT2D eigenvalue weighted by Gasteiger charge is -2.16. The summed E-state index contributed by atoms with van der Waals surface area (Å²) in [5.41, 5.74) is 5.30. The Bertz CT molecular complexity index is 1750. The third-order valence-corrected chi connectivity index (χ3v) is 6.59. The average molecular weight is 491 g/mol. The molecule has 4 aromatic carbocycles. The van der Waals surface area contributed by atoms with E-state index < -0.39 is 0 Å². The van der Waals surface area contributed by atoms with Gasteiger partial charge in [0, 0.05) is 31.5 Å². The van der Waals surface area contributed by atoms with E-state index in [2.05, 4.69) is 114 Å². The van der Waals surface area contributed by atoms with Crippen molar-refractivity contribution in [2.24, 2.45) is 0 Å². The van der Waals surface area contributed by atoms with Crippen LogP contribution in [0.1, 0.15) is 11.3 Å². The molecule has 1 N–H and O–H groups in total. The van der Waals surface area contributed by atoms with Gasteiger partial charge in [0.2, 0.25) is 0 Å². The predicted octanol–water partition coefficient (Wildman–Crippen LogP) is 7.66. The van der Waals surface area contributed by atoms with Crippen LogP contribution in [0.5, 0.6) is 0 Å². The van der Waals surface area contributed by atoms with E-state index in [4.69, 9.17) is 4.98 Å². The van der Waals surface area contributed by atoms with Crippen molar-refractivity contribution >= 4 is 38.9 Å². The first kappa shape index (κ1) is 23.3. The quantitative estimate of drug-likeness (QED) is 0.203. The van der Waals surface area contributed by atoms with E-state index in [1.54, 1.807) is 6.20 Å². The summed E-state index contributed by atoms with van der Waals surface area (Å²) in [5, 5.41) is 7.88. The minimum atomic E-state index is 0.697. The number of hydrogen-bond donors (Lipinski definition) is 1. The van der Waals surface area contributed by atoms with Crippen molar-refractivity contribution in [2.45, 2.75) is 0 Å². The van der Waals surface area contributed by atoms with E-state index in [1.165, 1.54) is 27.6 Å². The molecular formula is C34H26N4. The summed E-state index contributed by atoms with van der Waals surface area (Å²) in [6.45, 7) is 0. The molecule has 4 nitrogen and oxygen atoms in total. The van der Waals surface area contributed by atoms with Gasteiger partial charge >= 0.3 is 0 Å². The Balaban J connectivity index is 1.49. The van der Waals surface area contributed by atoms with Gasteiger partial charge in [-0.1, -0.05) is 78.7 Å². The molecule has 2 aromatic heterocycles. The van der Waals surface area contributed by atoms with Crippen LogP contribution in [0.2, 0.25) is 0 Å². The van der Waals surface area contributed by atoms with Crippen molar-refractivity contribution in [2.75, 3.05) is 24.3 Å². The van der Waals surface area contributed by atoms with Crippen LogP contribution in [0, 0.1) is 11.8 Å². The van der Waals surface area contributed by atoms with E-state index in [1.807, 2.05) is 36.4 Å². The summed E-state index contributed by atoms with van der Waals surface area (Å²) in [7, 11) is 4.12. The summed E-state index contributed by atoms with van der Waals surface area (Å²) in [6.07, 6.45) is 1.75. The van der Waals surface area contributed by atoms with Crippen LogP contribution in [0.25, 0.3) is 32.7 Å². The lowest BCUT2D eigenvalue weighted by Crippen LogP contribution is -2.07. The molecule has 4 heteroatoms. The van der Waals surface area contributed by atoms with Crippen LogP contribution in [-0.2, 0) is 0 Å². The first-order chi connectivity index (χ1) is 18.7. The monoisotopic (exact) mass is 490 g/mol. The van der Waals surface area contributed by atoms with E-state index in [0.717, 1.165) is 22.2 Å². The predicted molar refractivity (Wildman–Crippen MR) is 159 cm³/mol. The molecule has 0 aliphatic rings. The fourth-order valence-electron chi connectivity index (χ4n) is 4.77. The molecule has 6 aromatic rings. The zero-order chi connectivity index (χ0) is 25.9. The molecule has 182 valence electrons. The number of benzene rings is 4. The van der Waals surface area contributed by atoms with Crippen molar-refractivity contribution < 1.29 is 0 Å². The topological polar surface area (TPSA) is 41.0 Å². The van der Waals surface area contributed by atoms with Crippen molar-refractivity contribution in [3.05, 3.63) is 127 Å². The lowest BCUT2D eigenvalue weighted by atomic mass is 9.88. The Kier molecular flexibility index (Phi) is 6.17. The molecule has 0 saturated heterocycles. The second kappa shape index (κ2) is 10.1. The van der Waals surface area contributed by atoms with Crippen LogP contribution < -0.4 is 10.2 Å². The Hall–Kier alpha value is -5.14. The molecule has 0 radical (unpaired) electrons. The Morgan fingerprint density at radius 2 is 1.24 bits per heavy atom. The van der Waals surface area contributed by atoms with Crippen LogP contribution >= 0.6 is 0 Å². The zero-order valence-electron chi connectivity index (χ0n) is 21.3. The maximum Gasteiger partial charge on any atom is 0.132 e. The molecule has 0 spiro atoms. The fraction of sp³-hybridized carbons (Fsp3) is 0.0588. The van der Waals surface area contributed by atoms with Crippen molar-refractivity contribution in [1.29, 1.82) is 0 Å². The van der Waals surface area contributed by atoms with Crippen molar-refractivity contribution in [3.8, 4) is 23.0 Å². The maximum absolute atomic E-state index is 4.70. The molecule has 0 atom stereocenters. The number of nitrogens with zero attached hydrogens (tertiary/aromatic N) is 3. The van der Waals surface area contributed by atoms with E-state index in [0.29, 0.717) is 11.5 Å². The number of nitrogens with one attached hydrogen (secondary N) is 1. The smallest absolute Gasteiger partial charge is 0.132 e. The van der Waals surface area contributed by atoms with Crippen LogP contribution in [0.4, 0.5) is 17.3 Å². The van der Waals surface area contributed by atoms with Gasteiger partial charge in [-0.2, -0.15) is 0 Å². The molecule has 38 heavy (non-hydrogen) atoms. The largest absolute Gasteiger partial charge is 0.378 e. The number of aromatic nitrogens is 2. The highest BCUT2D eigenvalue weighted by atomic mass is 15.1. The van der Waals surface area contributed by atoms with Gasteiger partial charge in [-0.15, -0.1) is 0 Å². The summed E-state index contributed by atoms with van der Waals surface area (Å²) in [4.78, 5) is 11.1. The van der Waals surface area contributed by atoms with Gasteiger partial charge in [-0.05, 0) is 75.0 Å². The minimum absolute atomic E-state index is 0.697. The summed E-state index contributed by atoms with van der Waals surface area (Å²) < 4.78 is 0. The van der Waals surface area contributed by atoms with Gasteiger partial charge in [0.25, 0.3) is 0 Å². The highest BCUT2D eigenvalue weighted by Gasteiger charge is 2.14. The third-order valence-electron chi connectivity index (χ3n) is 6.59. The van der Waals surface area contributed by atoms with Gasteiger partial charge in [0.1, 0.15) is 17.3 Å². The highest BCUT2D eigenvalue weighted by molar-refractivity contribution is 6.16. The van der Waals surface area contributed by atoms with Gasteiger partial charge in [0.05, 0.1) is 0 Å². The maximum atomic E-state index is 4.70. The Morgan fingerprint density at radius 1 is 0.605 bits per heavy atom. The van der Waals surface area contributed by atoms with E-state index >= 15 is 0 Å². The van der Waals surface area contributed by atoms with Gasteiger partial charge in [-0.3, -0.25) is 0 Å². The van der Waals surface area contributed by atoms with Crippen LogP contribution in [0.15, 0.2) is 115 Å². The number of pyridine rings is 2. The summed E-state index contributed by atoms with van der Waals surface area (Å²) >= 11 is 0. The summed E-state index contributed by atoms with van der Waals surface area (Å²) in [6, 6.07) is 37.4. The average Bonchev–Trinajstić information content (AvgIpc) is 2.96. The molecule has 2 heterocycles. The normalized spacial score (nSPS) is 10.7. The zero-order valence-corrected chi connectivity index (χ0v) is 21.3. The Morgan fingerprint density at radius 3 is 1.87 bits per heavy atom. The Labute approximate surface area is 222 Å². The minimum Gasteiger partial charge on any atom is -0.378 e. The van der Waals surface area contributed by atoms with Crippen LogP contribution in [-0.4, -0.2) is 24.1 Å². The number of hydrogen-bond acceptors (Lipinski definition) is 4. The lowest BCUT2D eigenvalue weighted by molar-refractivity contribution is 1.13. The first-order valence-corrected chi connectivity index (χ1v) is 12.6. The van der Waals surface area contributed by atoms with Crippen LogP contribution in [0.3, 0.4) is 0 Å². The molecule has 0 aliphatic carbocycles. The van der Waals surface area contributed by atoms with Gasteiger partial charge in [-0.25, -0.2) is 9.97 Å². The molecule has 0 aliphatic heterocycles. The molecule has 0 saturated carbocycles. The number of anilines is 3. The SMILES string of the molecule is CN(C)c1ccc(-c2c3ccccc3c(C#Cc3cccc(Nc4ccccn4)n3)c3ccccc23)cc1. The first-order valence-electron chi connectivity index (χ1n) is 12.6. The number of rotatable bonds is 4. The summed E-state index contributed by atoms with van der Waals surface area (Å²) in [5.74, 6) is 8.26. The molecule has 0 fully saturated rings. The van der Waals surface area contributed by atoms with E-state index in [9.17, 15) is 0 Å². The van der Waals surface area contributed by atoms with Gasteiger partial charge < -0.3 is 10.2 Å². The van der Waals surface area contributed by atoms with Gasteiger partial charge in [0.15, 0.2) is 0 Å². The molecular weight excluding hydrogens is 464 g/mol. The molecule has 0 bridgehead atoms. The second-order valence-corrected chi connectivity index (χ2v) is 9.28. The van der Waals surface area contributed by atoms with E-state index in [-0.39, 0.29) is 0 Å². The molecule has 6 rings (SSSR count). The highest BCUT2D eigenvalue weighted by Crippen LogP contribution is 2.39. The molecule has 0 amide bonds. The number of fused-ring (bicyclic) bond motifs is 2. The van der Waals surface area contributed by atoms with Crippen molar-refractivity contribution in [3.63, 3.8) is 0 Å². The fourth-order valence-corrected chi connectivity index (χ4v) is 4.77.